The Morgan fingerprint density at radius 2 is 2.04 bits per heavy atom. The van der Waals surface area contributed by atoms with Crippen LogP contribution in [0.3, 0.4) is 0 Å². The van der Waals surface area contributed by atoms with E-state index < -0.39 is 5.97 Å². The third kappa shape index (κ3) is 3.89. The highest BCUT2D eigenvalue weighted by Crippen LogP contribution is 2.36. The van der Waals surface area contributed by atoms with Crippen molar-refractivity contribution in [3.63, 3.8) is 0 Å². The van der Waals surface area contributed by atoms with E-state index >= 15 is 0 Å². The quantitative estimate of drug-likeness (QED) is 0.693. The Morgan fingerprint density at radius 3 is 2.63 bits per heavy atom. The maximum Gasteiger partial charge on any atom is 0.348 e. The summed E-state index contributed by atoms with van der Waals surface area (Å²) in [5.41, 5.74) is 0.821. The summed E-state index contributed by atoms with van der Waals surface area (Å²) in [4.78, 5) is 35.3. The largest absolute Gasteiger partial charge is 0.480 e. The van der Waals surface area contributed by atoms with Gasteiger partial charge in [0.05, 0.1) is 19.0 Å². The van der Waals surface area contributed by atoms with Crippen molar-refractivity contribution in [2.24, 2.45) is 0 Å². The van der Waals surface area contributed by atoms with Crippen LogP contribution in [0, 0.1) is 13.8 Å². The average Bonchev–Trinajstić information content (AvgIpc) is 2.91. The first-order chi connectivity index (χ1) is 12.8. The van der Waals surface area contributed by atoms with Gasteiger partial charge in [0.15, 0.2) is 0 Å². The van der Waals surface area contributed by atoms with Gasteiger partial charge >= 0.3 is 11.9 Å². The summed E-state index contributed by atoms with van der Waals surface area (Å²) >= 11 is 1.31. The lowest BCUT2D eigenvalue weighted by atomic mass is 9.85. The summed E-state index contributed by atoms with van der Waals surface area (Å²) < 4.78 is 4.86. The monoisotopic (exact) mass is 392 g/mol. The fourth-order valence-corrected chi connectivity index (χ4v) is 4.65. The number of esters is 1. The molecule has 3 rings (SSSR count). The molecule has 8 nitrogen and oxygen atoms in total. The van der Waals surface area contributed by atoms with E-state index in [9.17, 15) is 9.59 Å². The molecule has 1 saturated carbocycles. The number of carbonyl (C=O) groups is 2. The van der Waals surface area contributed by atoms with Crippen molar-refractivity contribution in [3.05, 3.63) is 16.3 Å². The molecule has 2 N–H and O–H groups in total. The maximum atomic E-state index is 12.0. The van der Waals surface area contributed by atoms with E-state index in [1.807, 2.05) is 25.7 Å². The van der Waals surface area contributed by atoms with Gasteiger partial charge < -0.3 is 15.2 Å². The number of aryl methyl sites for hydroxylation is 2. The summed E-state index contributed by atoms with van der Waals surface area (Å²) in [6.07, 6.45) is 1.72. The third-order valence-electron chi connectivity index (χ3n) is 4.99. The molecule has 0 amide bonds. The summed E-state index contributed by atoms with van der Waals surface area (Å²) in [5.74, 6) is 0.200. The van der Waals surface area contributed by atoms with Crippen molar-refractivity contribution < 1.29 is 19.4 Å². The number of aliphatic carboxylic acids is 1. The number of thiophene rings is 1. The van der Waals surface area contributed by atoms with E-state index in [0.717, 1.165) is 34.4 Å². The molecule has 1 fully saturated rings. The number of nitrogens with one attached hydrogen (secondary N) is 1. The number of carbonyl (C=O) groups excluding carboxylic acids is 1. The minimum atomic E-state index is -0.800. The Labute approximate surface area is 161 Å². The molecule has 146 valence electrons. The highest BCUT2D eigenvalue weighted by atomic mass is 32.1. The van der Waals surface area contributed by atoms with Crippen LogP contribution in [-0.2, 0) is 9.53 Å². The topological polar surface area (TPSA) is 105 Å². The standard InChI is InChI=1S/C18H24N4O4S/c1-5-22(8-13(23)24)12-6-11(7-12)21-16-14-9(2)15(18(25)26-4)27-17(14)20-10(3)19-16/h11-12H,5-8H2,1-4H3,(H,23,24)(H,19,20,21). The number of hydrogen-bond donors (Lipinski definition) is 2. The smallest absolute Gasteiger partial charge is 0.348 e. The fraction of sp³-hybridized carbons (Fsp3) is 0.556. The van der Waals surface area contributed by atoms with Crippen molar-refractivity contribution in [2.45, 2.75) is 45.7 Å². The Bertz CT molecular complexity index is 876. The predicted molar refractivity (Wildman–Crippen MR) is 104 cm³/mol. The zero-order valence-electron chi connectivity index (χ0n) is 15.9. The first-order valence-corrected chi connectivity index (χ1v) is 9.74. The summed E-state index contributed by atoms with van der Waals surface area (Å²) in [6.45, 7) is 6.46. The number of ether oxygens (including phenoxy) is 1. The van der Waals surface area contributed by atoms with Gasteiger partial charge in [-0.2, -0.15) is 0 Å². The highest BCUT2D eigenvalue weighted by Gasteiger charge is 2.34. The highest BCUT2D eigenvalue weighted by molar-refractivity contribution is 7.20. The summed E-state index contributed by atoms with van der Waals surface area (Å²) in [7, 11) is 1.37. The molecule has 2 heterocycles. The molecule has 0 atom stereocenters. The number of carboxylic acids is 1. The summed E-state index contributed by atoms with van der Waals surface area (Å²) in [6, 6.07) is 0.479. The minimum Gasteiger partial charge on any atom is -0.480 e. The molecular weight excluding hydrogens is 368 g/mol. The van der Waals surface area contributed by atoms with E-state index in [0.29, 0.717) is 17.2 Å². The number of likely N-dealkylation sites (N-methyl/N-ethyl adjacent to an activating group) is 1. The molecule has 2 aromatic heterocycles. The zero-order chi connectivity index (χ0) is 19.7. The molecule has 0 saturated heterocycles. The molecule has 0 unspecified atom stereocenters. The van der Waals surface area contributed by atoms with Gasteiger partial charge in [0.2, 0.25) is 0 Å². The van der Waals surface area contributed by atoms with Gasteiger partial charge in [0.25, 0.3) is 0 Å². The second-order valence-electron chi connectivity index (χ2n) is 6.77. The van der Waals surface area contributed by atoms with Crippen molar-refractivity contribution in [1.82, 2.24) is 14.9 Å². The van der Waals surface area contributed by atoms with Gasteiger partial charge in [-0.25, -0.2) is 14.8 Å². The van der Waals surface area contributed by atoms with E-state index in [2.05, 4.69) is 15.3 Å². The zero-order valence-corrected chi connectivity index (χ0v) is 16.7. The van der Waals surface area contributed by atoms with Crippen molar-refractivity contribution in [1.29, 1.82) is 0 Å². The molecule has 0 aliphatic heterocycles. The molecular formula is C18H24N4O4S. The van der Waals surface area contributed by atoms with Crippen LogP contribution in [0.2, 0.25) is 0 Å². The van der Waals surface area contributed by atoms with Crippen LogP contribution in [-0.4, -0.2) is 64.2 Å². The molecule has 1 aliphatic rings. The fourth-order valence-electron chi connectivity index (χ4n) is 3.51. The second kappa shape index (κ2) is 7.77. The van der Waals surface area contributed by atoms with Crippen LogP contribution in [0.1, 0.15) is 40.8 Å². The molecule has 0 bridgehead atoms. The third-order valence-corrected chi connectivity index (χ3v) is 6.15. The number of aromatic nitrogens is 2. The maximum absolute atomic E-state index is 12.0. The van der Waals surface area contributed by atoms with Crippen molar-refractivity contribution in [3.8, 4) is 0 Å². The van der Waals surface area contributed by atoms with Gasteiger partial charge in [-0.3, -0.25) is 9.69 Å². The molecule has 0 spiro atoms. The van der Waals surface area contributed by atoms with E-state index in [1.54, 1.807) is 0 Å². The van der Waals surface area contributed by atoms with E-state index in [4.69, 9.17) is 9.84 Å². The molecule has 0 radical (unpaired) electrons. The number of rotatable bonds is 7. The van der Waals surface area contributed by atoms with Crippen molar-refractivity contribution in [2.75, 3.05) is 25.5 Å². The van der Waals surface area contributed by atoms with Crippen LogP contribution in [0.25, 0.3) is 10.2 Å². The predicted octanol–water partition coefficient (Wildman–Crippen LogP) is 2.44. The lowest BCUT2D eigenvalue weighted by Crippen LogP contribution is -2.51. The first-order valence-electron chi connectivity index (χ1n) is 8.92. The number of methoxy groups -OCH3 is 1. The Morgan fingerprint density at radius 1 is 1.33 bits per heavy atom. The normalized spacial score (nSPS) is 19.1. The van der Waals surface area contributed by atoms with Gasteiger partial charge in [-0.1, -0.05) is 6.92 Å². The molecule has 1 aliphatic carbocycles. The Hall–Kier alpha value is -2.26. The van der Waals surface area contributed by atoms with Crippen LogP contribution in [0.5, 0.6) is 0 Å². The number of anilines is 1. The van der Waals surface area contributed by atoms with E-state index in [-0.39, 0.29) is 24.6 Å². The van der Waals surface area contributed by atoms with Crippen LogP contribution < -0.4 is 5.32 Å². The van der Waals surface area contributed by atoms with Crippen LogP contribution >= 0.6 is 11.3 Å². The van der Waals surface area contributed by atoms with Gasteiger partial charge in [-0.05, 0) is 38.8 Å². The molecule has 0 aromatic carbocycles. The minimum absolute atomic E-state index is 0.0663. The summed E-state index contributed by atoms with van der Waals surface area (Å²) in [5, 5.41) is 13.3. The number of hydrogen-bond acceptors (Lipinski definition) is 8. The average molecular weight is 392 g/mol. The lowest BCUT2D eigenvalue weighted by Gasteiger charge is -2.42. The van der Waals surface area contributed by atoms with Crippen LogP contribution in [0.15, 0.2) is 0 Å². The van der Waals surface area contributed by atoms with Gasteiger partial charge in [0.1, 0.15) is 21.3 Å². The Kier molecular flexibility index (Phi) is 5.61. The first kappa shape index (κ1) is 19.5. The van der Waals surface area contributed by atoms with Gasteiger partial charge in [-0.15, -0.1) is 11.3 Å². The van der Waals surface area contributed by atoms with Crippen LogP contribution in [0.4, 0.5) is 5.82 Å². The number of fused-ring (bicyclic) bond motifs is 1. The number of nitrogens with zero attached hydrogens (tertiary/aromatic N) is 3. The molecule has 2 aromatic rings. The van der Waals surface area contributed by atoms with E-state index in [1.165, 1.54) is 18.4 Å². The van der Waals surface area contributed by atoms with Gasteiger partial charge in [0, 0.05) is 12.1 Å². The second-order valence-corrected chi connectivity index (χ2v) is 7.77. The lowest BCUT2D eigenvalue weighted by molar-refractivity contribution is -0.139. The number of carboxylic acid groups (broad SMARTS) is 1. The van der Waals surface area contributed by atoms with Crippen molar-refractivity contribution >= 4 is 39.3 Å². The molecule has 9 heteroatoms. The molecule has 27 heavy (non-hydrogen) atoms. The Balaban J connectivity index is 1.79. The SMILES string of the molecule is CCN(CC(=O)O)C1CC(Nc2nc(C)nc3sc(C(=O)OC)c(C)c23)C1.